The molecule has 0 radical (unpaired) electrons. The molecule has 1 amide bonds. The number of carbonyl (C=O) groups excluding carboxylic acids is 1. The van der Waals surface area contributed by atoms with E-state index in [1.165, 1.54) is 24.2 Å². The first-order valence-corrected chi connectivity index (χ1v) is 9.32. The topological polar surface area (TPSA) is 101 Å². The largest absolute Gasteiger partial charge is 0.480 e. The summed E-state index contributed by atoms with van der Waals surface area (Å²) in [6.45, 7) is 3.36. The number of hydrogen-bond donors (Lipinski definition) is 2. The van der Waals surface area contributed by atoms with E-state index in [0.29, 0.717) is 17.9 Å². The minimum absolute atomic E-state index is 0.194. The Morgan fingerprint density at radius 2 is 2.24 bits per heavy atom. The van der Waals surface area contributed by atoms with Crippen LogP contribution in [0, 0.1) is 0 Å². The van der Waals surface area contributed by atoms with Gasteiger partial charge < -0.3 is 19.9 Å². The summed E-state index contributed by atoms with van der Waals surface area (Å²) in [6, 6.07) is -0.260. The van der Waals surface area contributed by atoms with E-state index in [-0.39, 0.29) is 18.6 Å². The van der Waals surface area contributed by atoms with Crippen LogP contribution in [-0.4, -0.2) is 71.9 Å². The van der Waals surface area contributed by atoms with Gasteiger partial charge in [0, 0.05) is 6.61 Å². The molecule has 1 aromatic rings. The first-order valence-electron chi connectivity index (χ1n) is 8.51. The number of ether oxygens (including phenoxy) is 2. The molecule has 0 aliphatic carbocycles. The average Bonchev–Trinajstić information content (AvgIpc) is 3.26. The molecule has 0 saturated carbocycles. The maximum Gasteiger partial charge on any atom is 0.329 e. The van der Waals surface area contributed by atoms with Crippen molar-refractivity contribution in [3.8, 4) is 0 Å². The second-order valence-corrected chi connectivity index (χ2v) is 7.40. The molecule has 2 N–H and O–H groups in total. The van der Waals surface area contributed by atoms with Gasteiger partial charge in [-0.05, 0) is 32.4 Å². The zero-order valence-corrected chi connectivity index (χ0v) is 14.8. The summed E-state index contributed by atoms with van der Waals surface area (Å²) in [7, 11) is 0. The van der Waals surface area contributed by atoms with Gasteiger partial charge >= 0.3 is 5.97 Å². The molecule has 9 heteroatoms. The third kappa shape index (κ3) is 5.21. The Morgan fingerprint density at radius 1 is 1.44 bits per heavy atom. The average molecular weight is 369 g/mol. The van der Waals surface area contributed by atoms with Gasteiger partial charge in [-0.2, -0.15) is 0 Å². The number of thiazole rings is 1. The van der Waals surface area contributed by atoms with E-state index in [2.05, 4.69) is 15.2 Å². The smallest absolute Gasteiger partial charge is 0.329 e. The lowest BCUT2D eigenvalue weighted by Gasteiger charge is -2.31. The van der Waals surface area contributed by atoms with Crippen molar-refractivity contribution >= 4 is 23.2 Å². The van der Waals surface area contributed by atoms with Gasteiger partial charge in [0.1, 0.15) is 22.6 Å². The number of nitrogens with zero attached hydrogens (tertiary/aromatic N) is 2. The van der Waals surface area contributed by atoms with Crippen LogP contribution in [0.2, 0.25) is 0 Å². The molecule has 0 unspecified atom stereocenters. The van der Waals surface area contributed by atoms with Gasteiger partial charge in [0.15, 0.2) is 0 Å². The fourth-order valence-electron chi connectivity index (χ4n) is 3.08. The third-order valence-corrected chi connectivity index (χ3v) is 5.36. The van der Waals surface area contributed by atoms with Gasteiger partial charge in [-0.3, -0.25) is 9.69 Å². The molecule has 3 heterocycles. The number of nitrogens with one attached hydrogen (secondary N) is 1. The highest BCUT2D eigenvalue weighted by Crippen LogP contribution is 2.19. The van der Waals surface area contributed by atoms with Gasteiger partial charge in [0.2, 0.25) is 0 Å². The van der Waals surface area contributed by atoms with Crippen LogP contribution in [0.25, 0.3) is 0 Å². The number of carboxylic acids is 1. The van der Waals surface area contributed by atoms with Crippen LogP contribution < -0.4 is 5.32 Å². The van der Waals surface area contributed by atoms with E-state index in [0.717, 1.165) is 24.6 Å². The molecule has 138 valence electrons. The van der Waals surface area contributed by atoms with Crippen LogP contribution in [0.4, 0.5) is 0 Å². The second kappa shape index (κ2) is 8.70. The standard InChI is InChI=1S/C16H23N3O5S/c20-15(21)10-24-12-9-23-6-3-11(12)18-16(22)13-7-17-14(25-13)8-19-4-1-2-5-19/h7,11-12H,1-6,8-10H2,(H,18,22)(H,20,21)/t11-,12-/m1/s1. The Labute approximate surface area is 150 Å². The van der Waals surface area contributed by atoms with Crippen LogP contribution in [-0.2, 0) is 20.8 Å². The highest BCUT2D eigenvalue weighted by Gasteiger charge is 2.29. The number of aliphatic carboxylic acids is 1. The number of amides is 1. The highest BCUT2D eigenvalue weighted by molar-refractivity contribution is 7.13. The van der Waals surface area contributed by atoms with Gasteiger partial charge in [0.25, 0.3) is 5.91 Å². The van der Waals surface area contributed by atoms with Crippen molar-refractivity contribution in [2.24, 2.45) is 0 Å². The molecular weight excluding hydrogens is 346 g/mol. The van der Waals surface area contributed by atoms with Crippen LogP contribution >= 0.6 is 11.3 Å². The Bertz CT molecular complexity index is 602. The maximum atomic E-state index is 12.5. The predicted molar refractivity (Wildman–Crippen MR) is 90.7 cm³/mol. The zero-order chi connectivity index (χ0) is 17.6. The maximum absolute atomic E-state index is 12.5. The predicted octanol–water partition coefficient (Wildman–Crippen LogP) is 0.727. The van der Waals surface area contributed by atoms with Gasteiger partial charge in [-0.15, -0.1) is 11.3 Å². The molecule has 3 rings (SSSR count). The summed E-state index contributed by atoms with van der Waals surface area (Å²) < 4.78 is 10.7. The summed E-state index contributed by atoms with van der Waals surface area (Å²) in [6.07, 6.45) is 4.19. The summed E-state index contributed by atoms with van der Waals surface area (Å²) in [5, 5.41) is 12.6. The molecule has 1 aromatic heterocycles. The van der Waals surface area contributed by atoms with Crippen molar-refractivity contribution in [2.45, 2.75) is 38.0 Å². The lowest BCUT2D eigenvalue weighted by Crippen LogP contribution is -2.50. The van der Waals surface area contributed by atoms with Gasteiger partial charge in [-0.25, -0.2) is 9.78 Å². The molecule has 2 atom stereocenters. The SMILES string of the molecule is O=C(O)CO[C@@H]1COCC[C@H]1NC(=O)c1cnc(CN2CCCC2)s1. The van der Waals surface area contributed by atoms with Crippen molar-refractivity contribution in [1.82, 2.24) is 15.2 Å². The fraction of sp³-hybridized carbons (Fsp3) is 0.688. The first kappa shape index (κ1) is 18.2. The minimum Gasteiger partial charge on any atom is -0.480 e. The van der Waals surface area contributed by atoms with Crippen molar-refractivity contribution < 1.29 is 24.2 Å². The zero-order valence-electron chi connectivity index (χ0n) is 14.0. The Hall–Kier alpha value is -1.55. The highest BCUT2D eigenvalue weighted by atomic mass is 32.1. The summed E-state index contributed by atoms with van der Waals surface area (Å²) >= 11 is 1.40. The molecule has 0 bridgehead atoms. The quantitative estimate of drug-likeness (QED) is 0.730. The van der Waals surface area contributed by atoms with E-state index in [4.69, 9.17) is 14.6 Å². The molecule has 2 fully saturated rings. The van der Waals surface area contributed by atoms with E-state index < -0.39 is 18.7 Å². The number of aromatic nitrogens is 1. The molecule has 2 aliphatic rings. The molecule has 0 aromatic carbocycles. The van der Waals surface area contributed by atoms with E-state index in [1.807, 2.05) is 0 Å². The van der Waals surface area contributed by atoms with Gasteiger partial charge in [0.05, 0.1) is 25.4 Å². The van der Waals surface area contributed by atoms with Crippen molar-refractivity contribution in [2.75, 3.05) is 32.9 Å². The Kier molecular flexibility index (Phi) is 6.35. The monoisotopic (exact) mass is 369 g/mol. The molecular formula is C16H23N3O5S. The van der Waals surface area contributed by atoms with Crippen LogP contribution in [0.1, 0.15) is 33.9 Å². The Morgan fingerprint density at radius 3 is 3.00 bits per heavy atom. The number of likely N-dealkylation sites (tertiary alicyclic amines) is 1. The number of hydrogen-bond acceptors (Lipinski definition) is 7. The molecule has 25 heavy (non-hydrogen) atoms. The van der Waals surface area contributed by atoms with Crippen LogP contribution in [0.3, 0.4) is 0 Å². The van der Waals surface area contributed by atoms with Crippen molar-refractivity contribution in [3.63, 3.8) is 0 Å². The first-order chi connectivity index (χ1) is 12.1. The fourth-order valence-corrected chi connectivity index (χ4v) is 3.94. The normalized spacial score (nSPS) is 24.3. The molecule has 2 aliphatic heterocycles. The van der Waals surface area contributed by atoms with Crippen molar-refractivity contribution in [3.05, 3.63) is 16.1 Å². The number of rotatable bonds is 7. The number of carboxylic acid groups (broad SMARTS) is 1. The Balaban J connectivity index is 1.54. The van der Waals surface area contributed by atoms with Gasteiger partial charge in [-0.1, -0.05) is 0 Å². The van der Waals surface area contributed by atoms with Crippen LogP contribution in [0.15, 0.2) is 6.20 Å². The lowest BCUT2D eigenvalue weighted by molar-refractivity contribution is -0.148. The summed E-state index contributed by atoms with van der Waals surface area (Å²) in [4.78, 5) is 30.4. The number of carbonyl (C=O) groups is 2. The summed E-state index contributed by atoms with van der Waals surface area (Å²) in [5.74, 6) is -1.23. The van der Waals surface area contributed by atoms with Crippen LogP contribution in [0.5, 0.6) is 0 Å². The van der Waals surface area contributed by atoms with E-state index >= 15 is 0 Å². The van der Waals surface area contributed by atoms with Crippen molar-refractivity contribution in [1.29, 1.82) is 0 Å². The van der Waals surface area contributed by atoms with E-state index in [1.54, 1.807) is 6.20 Å². The third-order valence-electron chi connectivity index (χ3n) is 4.38. The second-order valence-electron chi connectivity index (χ2n) is 6.29. The summed E-state index contributed by atoms with van der Waals surface area (Å²) in [5.41, 5.74) is 0. The molecule has 8 nitrogen and oxygen atoms in total. The minimum atomic E-state index is -1.04. The lowest BCUT2D eigenvalue weighted by atomic mass is 10.1. The molecule has 2 saturated heterocycles. The van der Waals surface area contributed by atoms with E-state index in [9.17, 15) is 9.59 Å². The molecule has 0 spiro atoms.